The highest BCUT2D eigenvalue weighted by molar-refractivity contribution is 5.95. The van der Waals surface area contributed by atoms with Crippen LogP contribution in [0, 0.1) is 5.92 Å². The molecule has 1 aliphatic heterocycles. The van der Waals surface area contributed by atoms with E-state index >= 15 is 0 Å². The van der Waals surface area contributed by atoms with Crippen LogP contribution in [0.2, 0.25) is 0 Å². The van der Waals surface area contributed by atoms with Gasteiger partial charge < -0.3 is 15.4 Å². The minimum Gasteiger partial charge on any atom is -0.373 e. The van der Waals surface area contributed by atoms with Crippen molar-refractivity contribution in [3.05, 3.63) is 60.2 Å². The molecule has 5 heteroatoms. The molecule has 0 spiro atoms. The third kappa shape index (κ3) is 4.49. The van der Waals surface area contributed by atoms with Crippen LogP contribution in [-0.2, 0) is 14.3 Å². The quantitative estimate of drug-likeness (QED) is 0.850. The largest absolute Gasteiger partial charge is 0.373 e. The van der Waals surface area contributed by atoms with E-state index < -0.39 is 0 Å². The number of amides is 2. The van der Waals surface area contributed by atoms with Crippen molar-refractivity contribution in [2.24, 2.45) is 5.92 Å². The highest BCUT2D eigenvalue weighted by Gasteiger charge is 2.33. The molecule has 136 valence electrons. The summed E-state index contributed by atoms with van der Waals surface area (Å²) in [6.07, 6.45) is 1.84. The maximum absolute atomic E-state index is 12.9. The predicted molar refractivity (Wildman–Crippen MR) is 102 cm³/mol. The van der Waals surface area contributed by atoms with E-state index in [-0.39, 0.29) is 23.8 Å². The molecule has 2 N–H and O–H groups in total. The summed E-state index contributed by atoms with van der Waals surface area (Å²) in [5.74, 6) is -0.351. The van der Waals surface area contributed by atoms with Crippen LogP contribution in [0.25, 0.3) is 0 Å². The molecular weight excluding hydrogens is 328 g/mol. The van der Waals surface area contributed by atoms with Crippen molar-refractivity contribution in [1.82, 2.24) is 0 Å². The molecule has 26 heavy (non-hydrogen) atoms. The number of anilines is 2. The molecule has 5 nitrogen and oxygen atoms in total. The lowest BCUT2D eigenvalue weighted by Gasteiger charge is -2.31. The highest BCUT2D eigenvalue weighted by Crippen LogP contribution is 2.34. The van der Waals surface area contributed by atoms with Crippen molar-refractivity contribution < 1.29 is 14.3 Å². The van der Waals surface area contributed by atoms with Gasteiger partial charge in [-0.2, -0.15) is 0 Å². The molecule has 2 aromatic carbocycles. The molecule has 0 radical (unpaired) electrons. The van der Waals surface area contributed by atoms with Crippen LogP contribution in [0.15, 0.2) is 54.6 Å². The second-order valence-corrected chi connectivity index (χ2v) is 6.42. The number of rotatable bonds is 5. The Bertz CT molecular complexity index is 761. The summed E-state index contributed by atoms with van der Waals surface area (Å²) < 4.78 is 5.91. The number of nitrogens with one attached hydrogen (secondary N) is 2. The van der Waals surface area contributed by atoms with E-state index in [1.807, 2.05) is 42.5 Å². The molecule has 2 unspecified atom stereocenters. The van der Waals surface area contributed by atoms with Crippen LogP contribution in [0.5, 0.6) is 0 Å². The van der Waals surface area contributed by atoms with Gasteiger partial charge in [0, 0.05) is 24.4 Å². The van der Waals surface area contributed by atoms with Crippen LogP contribution >= 0.6 is 0 Å². The van der Waals surface area contributed by atoms with Crippen LogP contribution in [0.1, 0.15) is 37.9 Å². The van der Waals surface area contributed by atoms with Crippen molar-refractivity contribution >= 4 is 23.2 Å². The van der Waals surface area contributed by atoms with Gasteiger partial charge >= 0.3 is 0 Å². The molecule has 1 fully saturated rings. The average molecular weight is 352 g/mol. The van der Waals surface area contributed by atoms with Crippen LogP contribution in [0.4, 0.5) is 11.4 Å². The summed E-state index contributed by atoms with van der Waals surface area (Å²) in [5, 5.41) is 5.78. The smallest absolute Gasteiger partial charge is 0.230 e. The van der Waals surface area contributed by atoms with Crippen LogP contribution in [-0.4, -0.2) is 18.4 Å². The van der Waals surface area contributed by atoms with Gasteiger partial charge in [-0.05, 0) is 36.6 Å². The maximum atomic E-state index is 12.9. The Morgan fingerprint density at radius 2 is 1.77 bits per heavy atom. The van der Waals surface area contributed by atoms with Gasteiger partial charge in [0.15, 0.2) is 0 Å². The minimum atomic E-state index is -0.236. The van der Waals surface area contributed by atoms with Crippen LogP contribution < -0.4 is 10.6 Å². The third-order valence-electron chi connectivity index (χ3n) is 4.52. The topological polar surface area (TPSA) is 67.4 Å². The zero-order chi connectivity index (χ0) is 18.4. The number of hydrogen-bond donors (Lipinski definition) is 2. The molecule has 0 aliphatic carbocycles. The minimum absolute atomic E-state index is 0.0571. The lowest BCUT2D eigenvalue weighted by molar-refractivity contribution is -0.129. The molecule has 2 aromatic rings. The molecule has 3 rings (SSSR count). The van der Waals surface area contributed by atoms with Crippen LogP contribution in [0.3, 0.4) is 0 Å². The molecule has 2 amide bonds. The highest BCUT2D eigenvalue weighted by atomic mass is 16.5. The standard InChI is InChI=1S/C21H24N2O3/c1-2-19(24)22-16-10-6-11-17(14-16)23-21(25)18-12-7-13-26-20(18)15-8-4-3-5-9-15/h3-6,8-11,14,18,20H,2,7,12-13H2,1H3,(H,22,24)(H,23,25). The summed E-state index contributed by atoms with van der Waals surface area (Å²) in [5.41, 5.74) is 2.37. The Kier molecular flexibility index (Phi) is 6.02. The van der Waals surface area contributed by atoms with Gasteiger partial charge in [0.05, 0.1) is 12.0 Å². The predicted octanol–water partition coefficient (Wildman–Crippen LogP) is 4.14. The van der Waals surface area contributed by atoms with Crippen molar-refractivity contribution in [1.29, 1.82) is 0 Å². The van der Waals surface area contributed by atoms with Gasteiger partial charge in [-0.25, -0.2) is 0 Å². The van der Waals surface area contributed by atoms with Crippen molar-refractivity contribution in [2.75, 3.05) is 17.2 Å². The molecular formula is C21H24N2O3. The first-order valence-electron chi connectivity index (χ1n) is 9.04. The van der Waals surface area contributed by atoms with Gasteiger partial charge in [0.25, 0.3) is 0 Å². The lowest BCUT2D eigenvalue weighted by Crippen LogP contribution is -2.33. The van der Waals surface area contributed by atoms with Crippen molar-refractivity contribution in [3.8, 4) is 0 Å². The van der Waals surface area contributed by atoms with E-state index in [2.05, 4.69) is 10.6 Å². The lowest BCUT2D eigenvalue weighted by atomic mass is 9.88. The van der Waals surface area contributed by atoms with E-state index in [1.54, 1.807) is 19.1 Å². The Labute approximate surface area is 153 Å². The fourth-order valence-corrected chi connectivity index (χ4v) is 3.18. The molecule has 0 bridgehead atoms. The van der Waals surface area contributed by atoms with Gasteiger partial charge in [-0.15, -0.1) is 0 Å². The van der Waals surface area contributed by atoms with E-state index in [4.69, 9.17) is 4.74 Å². The monoisotopic (exact) mass is 352 g/mol. The molecule has 1 saturated heterocycles. The average Bonchev–Trinajstić information content (AvgIpc) is 2.69. The fraction of sp³-hybridized carbons (Fsp3) is 0.333. The number of hydrogen-bond acceptors (Lipinski definition) is 3. The van der Waals surface area contributed by atoms with Gasteiger partial charge in [-0.1, -0.05) is 43.3 Å². The zero-order valence-electron chi connectivity index (χ0n) is 14.9. The maximum Gasteiger partial charge on any atom is 0.230 e. The Morgan fingerprint density at radius 3 is 2.50 bits per heavy atom. The van der Waals surface area contributed by atoms with Crippen molar-refractivity contribution in [3.63, 3.8) is 0 Å². The Hall–Kier alpha value is -2.66. The molecule has 2 atom stereocenters. The number of carbonyl (C=O) groups excluding carboxylic acids is 2. The van der Waals surface area contributed by atoms with E-state index in [9.17, 15) is 9.59 Å². The molecule has 1 heterocycles. The molecule has 0 saturated carbocycles. The summed E-state index contributed by atoms with van der Waals surface area (Å²) >= 11 is 0. The van der Waals surface area contributed by atoms with Gasteiger partial charge in [0.1, 0.15) is 0 Å². The summed E-state index contributed by atoms with van der Waals surface area (Å²) in [4.78, 5) is 24.4. The number of benzene rings is 2. The Balaban J connectivity index is 1.72. The first-order chi connectivity index (χ1) is 12.7. The van der Waals surface area contributed by atoms with E-state index in [0.29, 0.717) is 24.4 Å². The second kappa shape index (κ2) is 8.63. The number of ether oxygens (including phenoxy) is 1. The summed E-state index contributed by atoms with van der Waals surface area (Å²) in [6.45, 7) is 2.47. The normalized spacial score (nSPS) is 19.6. The third-order valence-corrected chi connectivity index (χ3v) is 4.52. The zero-order valence-corrected chi connectivity index (χ0v) is 14.9. The SMILES string of the molecule is CCC(=O)Nc1cccc(NC(=O)C2CCCOC2c2ccccc2)c1. The Morgan fingerprint density at radius 1 is 1.04 bits per heavy atom. The second-order valence-electron chi connectivity index (χ2n) is 6.42. The van der Waals surface area contributed by atoms with E-state index in [0.717, 1.165) is 18.4 Å². The number of carbonyl (C=O) groups is 2. The summed E-state index contributed by atoms with van der Waals surface area (Å²) in [6, 6.07) is 17.1. The summed E-state index contributed by atoms with van der Waals surface area (Å²) in [7, 11) is 0. The van der Waals surface area contributed by atoms with Gasteiger partial charge in [0.2, 0.25) is 11.8 Å². The van der Waals surface area contributed by atoms with E-state index in [1.165, 1.54) is 0 Å². The van der Waals surface area contributed by atoms with Crippen molar-refractivity contribution in [2.45, 2.75) is 32.3 Å². The molecule has 1 aliphatic rings. The molecule has 0 aromatic heterocycles. The first kappa shape index (κ1) is 18.1. The van der Waals surface area contributed by atoms with Gasteiger partial charge in [-0.3, -0.25) is 9.59 Å². The fourth-order valence-electron chi connectivity index (χ4n) is 3.18. The first-order valence-corrected chi connectivity index (χ1v) is 9.04.